The van der Waals surface area contributed by atoms with Gasteiger partial charge in [-0.15, -0.1) is 5.10 Å². The largest absolute Gasteiger partial charge is 0.495 e. The van der Waals surface area contributed by atoms with E-state index in [0.29, 0.717) is 46.1 Å². The summed E-state index contributed by atoms with van der Waals surface area (Å²) in [6.45, 7) is 4.36. The lowest BCUT2D eigenvalue weighted by Crippen LogP contribution is -2.31. The molecule has 3 aromatic carbocycles. The number of allylic oxidation sites excluding steroid dienone is 1. The Labute approximate surface area is 219 Å². The van der Waals surface area contributed by atoms with Crippen molar-refractivity contribution in [1.29, 1.82) is 0 Å². The number of fused-ring (bicyclic) bond motifs is 1. The van der Waals surface area contributed by atoms with E-state index in [9.17, 15) is 4.79 Å². The van der Waals surface area contributed by atoms with Crippen LogP contribution in [0.1, 0.15) is 25.5 Å². The number of nitrogens with one attached hydrogen (secondary N) is 2. The van der Waals surface area contributed by atoms with E-state index in [1.807, 2.05) is 68.4 Å². The second-order valence-electron chi connectivity index (χ2n) is 8.44. The second kappa shape index (κ2) is 10.4. The molecule has 1 aliphatic rings. The minimum Gasteiger partial charge on any atom is -0.495 e. The Kier molecular flexibility index (Phi) is 6.83. The number of para-hydroxylation sites is 2. The van der Waals surface area contributed by atoms with Crippen LogP contribution < -0.4 is 20.1 Å². The zero-order valence-corrected chi connectivity index (χ0v) is 21.4. The lowest BCUT2D eigenvalue weighted by atomic mass is 9.95. The van der Waals surface area contributed by atoms with Gasteiger partial charge in [-0.1, -0.05) is 48.0 Å². The van der Waals surface area contributed by atoms with Gasteiger partial charge in [0.2, 0.25) is 5.95 Å². The van der Waals surface area contributed by atoms with Crippen molar-refractivity contribution in [2.24, 2.45) is 0 Å². The van der Waals surface area contributed by atoms with Crippen molar-refractivity contribution >= 4 is 29.1 Å². The minimum atomic E-state index is -0.540. The summed E-state index contributed by atoms with van der Waals surface area (Å²) >= 11 is 6.21. The predicted octanol–water partition coefficient (Wildman–Crippen LogP) is 5.93. The zero-order chi connectivity index (χ0) is 25.9. The number of hydrogen-bond acceptors (Lipinski definition) is 6. The Balaban J connectivity index is 1.59. The highest BCUT2D eigenvalue weighted by atomic mass is 35.5. The van der Waals surface area contributed by atoms with Crippen LogP contribution in [0.3, 0.4) is 0 Å². The molecule has 4 aromatic rings. The van der Waals surface area contributed by atoms with E-state index < -0.39 is 6.04 Å². The molecular formula is C28H26ClN5O3. The number of hydrogen-bond donors (Lipinski definition) is 2. The fraction of sp³-hybridized carbons (Fsp3) is 0.179. The van der Waals surface area contributed by atoms with Gasteiger partial charge in [-0.2, -0.15) is 4.98 Å². The number of aromatic nitrogens is 3. The van der Waals surface area contributed by atoms with Gasteiger partial charge >= 0.3 is 0 Å². The number of methoxy groups -OCH3 is 1. The molecule has 2 N–H and O–H groups in total. The molecule has 1 aliphatic heterocycles. The van der Waals surface area contributed by atoms with E-state index in [-0.39, 0.29) is 5.91 Å². The first-order valence-electron chi connectivity index (χ1n) is 11.9. The van der Waals surface area contributed by atoms with Crippen LogP contribution in [0.2, 0.25) is 5.02 Å². The standard InChI is InChI=1S/C28H26ClN5O3/c1-4-37-21-14-12-18(13-15-21)25-24(27(35)31-22-10-5-6-11-23(22)36-3)17(2)30-28-32-26(33-34(25)28)19-8-7-9-20(29)16-19/h5-16,25H,4H2,1-3H3,(H,31,35)(H,30,32,33). The molecule has 1 amide bonds. The van der Waals surface area contributed by atoms with Crippen LogP contribution in [0.25, 0.3) is 11.4 Å². The maximum atomic E-state index is 13.8. The van der Waals surface area contributed by atoms with E-state index in [0.717, 1.165) is 16.9 Å². The minimum absolute atomic E-state index is 0.279. The highest BCUT2D eigenvalue weighted by Crippen LogP contribution is 2.38. The van der Waals surface area contributed by atoms with Crippen molar-refractivity contribution in [1.82, 2.24) is 14.8 Å². The van der Waals surface area contributed by atoms with E-state index in [1.165, 1.54) is 0 Å². The van der Waals surface area contributed by atoms with Gasteiger partial charge in [-0.25, -0.2) is 4.68 Å². The second-order valence-corrected chi connectivity index (χ2v) is 8.87. The summed E-state index contributed by atoms with van der Waals surface area (Å²) < 4.78 is 12.8. The van der Waals surface area contributed by atoms with Gasteiger partial charge in [0.05, 0.1) is 25.0 Å². The topological polar surface area (TPSA) is 90.3 Å². The van der Waals surface area contributed by atoms with Crippen molar-refractivity contribution in [2.45, 2.75) is 19.9 Å². The molecule has 2 heterocycles. The summed E-state index contributed by atoms with van der Waals surface area (Å²) in [5.41, 5.74) is 3.39. The van der Waals surface area contributed by atoms with E-state index >= 15 is 0 Å². The molecule has 0 saturated carbocycles. The number of nitrogens with zero attached hydrogens (tertiary/aromatic N) is 3. The highest BCUT2D eigenvalue weighted by molar-refractivity contribution is 6.30. The number of carbonyl (C=O) groups excluding carboxylic acids is 1. The number of rotatable bonds is 7. The van der Waals surface area contributed by atoms with Crippen LogP contribution in [-0.2, 0) is 4.79 Å². The first-order valence-corrected chi connectivity index (χ1v) is 12.2. The van der Waals surface area contributed by atoms with Crippen LogP contribution >= 0.6 is 11.6 Å². The molecule has 0 spiro atoms. The molecule has 188 valence electrons. The van der Waals surface area contributed by atoms with Crippen molar-refractivity contribution in [3.63, 3.8) is 0 Å². The molecule has 1 atom stereocenters. The highest BCUT2D eigenvalue weighted by Gasteiger charge is 2.34. The van der Waals surface area contributed by atoms with Gasteiger partial charge in [0.15, 0.2) is 5.82 Å². The average Bonchev–Trinajstić information content (AvgIpc) is 3.32. The van der Waals surface area contributed by atoms with E-state index in [4.69, 9.17) is 31.2 Å². The number of ether oxygens (including phenoxy) is 2. The average molecular weight is 516 g/mol. The fourth-order valence-electron chi connectivity index (χ4n) is 4.35. The Hall–Kier alpha value is -4.30. The van der Waals surface area contributed by atoms with Crippen molar-refractivity contribution in [3.05, 3.63) is 94.7 Å². The Bertz CT molecular complexity index is 1480. The van der Waals surface area contributed by atoms with E-state index in [2.05, 4.69) is 10.6 Å². The van der Waals surface area contributed by atoms with Crippen LogP contribution in [0.15, 0.2) is 84.1 Å². The summed E-state index contributed by atoms with van der Waals surface area (Å²) in [5.74, 6) is 2.07. The Morgan fingerprint density at radius 3 is 2.62 bits per heavy atom. The molecule has 9 heteroatoms. The van der Waals surface area contributed by atoms with E-state index in [1.54, 1.807) is 30.0 Å². The van der Waals surface area contributed by atoms with Crippen LogP contribution in [0.5, 0.6) is 11.5 Å². The molecule has 0 fully saturated rings. The van der Waals surface area contributed by atoms with Gasteiger partial charge < -0.3 is 20.1 Å². The zero-order valence-electron chi connectivity index (χ0n) is 20.7. The maximum Gasteiger partial charge on any atom is 0.255 e. The monoisotopic (exact) mass is 515 g/mol. The molecule has 5 rings (SSSR count). The fourth-order valence-corrected chi connectivity index (χ4v) is 4.54. The molecular weight excluding hydrogens is 490 g/mol. The summed E-state index contributed by atoms with van der Waals surface area (Å²) in [6, 6.07) is 21.8. The normalized spacial score (nSPS) is 14.5. The summed E-state index contributed by atoms with van der Waals surface area (Å²) in [5, 5.41) is 11.7. The van der Waals surface area contributed by atoms with Gasteiger partial charge in [0.1, 0.15) is 17.5 Å². The third-order valence-electron chi connectivity index (χ3n) is 6.04. The predicted molar refractivity (Wildman–Crippen MR) is 144 cm³/mol. The quantitative estimate of drug-likeness (QED) is 0.317. The molecule has 1 aromatic heterocycles. The molecule has 0 bridgehead atoms. The van der Waals surface area contributed by atoms with Crippen molar-refractivity contribution in [2.75, 3.05) is 24.4 Å². The van der Waals surface area contributed by atoms with Gasteiger partial charge in [0, 0.05) is 16.3 Å². The van der Waals surface area contributed by atoms with Crippen molar-refractivity contribution in [3.8, 4) is 22.9 Å². The molecule has 37 heavy (non-hydrogen) atoms. The first kappa shape index (κ1) is 24.4. The van der Waals surface area contributed by atoms with Crippen molar-refractivity contribution < 1.29 is 14.3 Å². The number of halogens is 1. The third-order valence-corrected chi connectivity index (χ3v) is 6.28. The molecule has 8 nitrogen and oxygen atoms in total. The van der Waals surface area contributed by atoms with Crippen LogP contribution in [-0.4, -0.2) is 34.4 Å². The maximum absolute atomic E-state index is 13.8. The van der Waals surface area contributed by atoms with Gasteiger partial charge in [-0.3, -0.25) is 4.79 Å². The third kappa shape index (κ3) is 4.88. The lowest BCUT2D eigenvalue weighted by molar-refractivity contribution is -0.113. The van der Waals surface area contributed by atoms with Gasteiger partial charge in [0.25, 0.3) is 5.91 Å². The first-order chi connectivity index (χ1) is 18.0. The molecule has 0 radical (unpaired) electrons. The van der Waals surface area contributed by atoms with Gasteiger partial charge in [-0.05, 0) is 55.8 Å². The smallest absolute Gasteiger partial charge is 0.255 e. The van der Waals surface area contributed by atoms with Crippen LogP contribution in [0, 0.1) is 0 Å². The SMILES string of the molecule is CCOc1ccc(C2C(C(=O)Nc3ccccc3OC)=C(C)Nc3nc(-c4cccc(Cl)c4)nn32)cc1. The summed E-state index contributed by atoms with van der Waals surface area (Å²) in [7, 11) is 1.57. The summed E-state index contributed by atoms with van der Waals surface area (Å²) in [4.78, 5) is 18.5. The number of amides is 1. The molecule has 1 unspecified atom stereocenters. The number of benzene rings is 3. The molecule has 0 saturated heterocycles. The molecule has 0 aliphatic carbocycles. The Morgan fingerprint density at radius 2 is 1.89 bits per heavy atom. The van der Waals surface area contributed by atoms with Crippen LogP contribution in [0.4, 0.5) is 11.6 Å². The number of carbonyl (C=O) groups is 1. The lowest BCUT2D eigenvalue weighted by Gasteiger charge is -2.29. The number of anilines is 2. The Morgan fingerprint density at radius 1 is 1.11 bits per heavy atom. The summed E-state index contributed by atoms with van der Waals surface area (Å²) in [6.07, 6.45) is 0.